The van der Waals surface area contributed by atoms with Gasteiger partial charge in [0.15, 0.2) is 0 Å². The van der Waals surface area contributed by atoms with Gasteiger partial charge in [0.2, 0.25) is 0 Å². The minimum absolute atomic E-state index is 0.0653. The van der Waals surface area contributed by atoms with Crippen molar-refractivity contribution in [2.45, 2.75) is 33.3 Å². The second-order valence-electron chi connectivity index (χ2n) is 9.60. The predicted octanol–water partition coefficient (Wildman–Crippen LogP) is 5.75. The van der Waals surface area contributed by atoms with Gasteiger partial charge in [0.05, 0.1) is 35.4 Å². The summed E-state index contributed by atoms with van der Waals surface area (Å²) in [6.07, 6.45) is 2.86. The summed E-state index contributed by atoms with van der Waals surface area (Å²) in [5, 5.41) is 34.6. The summed E-state index contributed by atoms with van der Waals surface area (Å²) in [4.78, 5) is 15.6. The van der Waals surface area contributed by atoms with Crippen LogP contribution in [0.5, 0.6) is 0 Å². The van der Waals surface area contributed by atoms with Gasteiger partial charge < -0.3 is 15.7 Å². The fourth-order valence-corrected chi connectivity index (χ4v) is 4.17. The molecule has 0 aliphatic rings. The summed E-state index contributed by atoms with van der Waals surface area (Å²) >= 11 is 13.1. The third-order valence-electron chi connectivity index (χ3n) is 5.35. The van der Waals surface area contributed by atoms with Crippen LogP contribution in [0.2, 0.25) is 10.0 Å². The molecule has 0 saturated heterocycles. The number of carbonyl (C=O) groups is 1. The fraction of sp³-hybridized carbons (Fsp3) is 0.269. The first-order chi connectivity index (χ1) is 17.9. The lowest BCUT2D eigenvalue weighted by Crippen LogP contribution is -2.20. The van der Waals surface area contributed by atoms with Crippen molar-refractivity contribution in [1.29, 1.82) is 5.26 Å². The van der Waals surface area contributed by atoms with Crippen molar-refractivity contribution in [3.63, 3.8) is 0 Å². The number of aliphatic carboxylic acids is 1. The normalized spacial score (nSPS) is 13.5. The molecule has 2 aromatic carbocycles. The number of halogens is 2. The van der Waals surface area contributed by atoms with Crippen LogP contribution in [0.3, 0.4) is 0 Å². The van der Waals surface area contributed by atoms with Crippen LogP contribution in [0.4, 0.5) is 11.4 Å². The van der Waals surface area contributed by atoms with Crippen molar-refractivity contribution in [2.24, 2.45) is 5.41 Å². The molecule has 4 rings (SSSR count). The number of aromatic nitrogens is 4. The first-order valence-electron chi connectivity index (χ1n) is 11.8. The van der Waals surface area contributed by atoms with E-state index in [1.54, 1.807) is 36.4 Å². The van der Waals surface area contributed by atoms with Crippen LogP contribution in [0.25, 0.3) is 10.9 Å². The van der Waals surface area contributed by atoms with Crippen LogP contribution in [0.15, 0.2) is 48.8 Å². The largest absolute Gasteiger partial charge is 0.480 e. The number of hydrogen-bond acceptors (Lipinski definition) is 7. The maximum absolute atomic E-state index is 11.2. The molecule has 0 fully saturated rings. The molecular formula is C26H25Cl2N7O2. The van der Waals surface area contributed by atoms with Gasteiger partial charge >= 0.3 is 5.97 Å². The Morgan fingerprint density at radius 2 is 2.03 bits per heavy atom. The van der Waals surface area contributed by atoms with E-state index < -0.39 is 18.5 Å². The van der Waals surface area contributed by atoms with E-state index in [2.05, 4.69) is 52.8 Å². The smallest absolute Gasteiger partial charge is 0.325 e. The second-order valence-corrected chi connectivity index (χ2v) is 10.4. The van der Waals surface area contributed by atoms with Crippen molar-refractivity contribution in [3.05, 3.63) is 75.7 Å². The lowest BCUT2D eigenvalue weighted by molar-refractivity contribution is -0.137. The molecule has 0 bridgehead atoms. The highest BCUT2D eigenvalue weighted by Crippen LogP contribution is 2.37. The first-order valence-corrected chi connectivity index (χ1v) is 12.1. The van der Waals surface area contributed by atoms with E-state index in [1.807, 2.05) is 0 Å². The lowest BCUT2D eigenvalue weighted by Gasteiger charge is -2.22. The first kappa shape index (κ1) is 24.8. The lowest BCUT2D eigenvalue weighted by atomic mass is 9.96. The number of nitriles is 1. The minimum Gasteiger partial charge on any atom is -0.480 e. The Morgan fingerprint density at radius 1 is 1.27 bits per heavy atom. The molecule has 0 amide bonds. The van der Waals surface area contributed by atoms with Gasteiger partial charge in [0, 0.05) is 28.8 Å². The Morgan fingerprint density at radius 3 is 2.70 bits per heavy atom. The zero-order valence-corrected chi connectivity index (χ0v) is 21.9. The molecule has 0 spiro atoms. The van der Waals surface area contributed by atoms with E-state index in [0.29, 0.717) is 50.0 Å². The number of carboxylic acid groups (broad SMARTS) is 1. The van der Waals surface area contributed by atoms with E-state index in [-0.39, 0.29) is 11.1 Å². The zero-order chi connectivity index (χ0) is 27.7. The van der Waals surface area contributed by atoms with E-state index in [4.69, 9.17) is 28.3 Å². The van der Waals surface area contributed by atoms with Crippen molar-refractivity contribution in [1.82, 2.24) is 20.0 Å². The molecule has 0 aliphatic carbocycles. The van der Waals surface area contributed by atoms with Crippen LogP contribution in [-0.2, 0) is 11.3 Å². The highest BCUT2D eigenvalue weighted by molar-refractivity contribution is 6.36. The number of hydrogen-bond donors (Lipinski definition) is 3. The van der Waals surface area contributed by atoms with Crippen LogP contribution in [-0.4, -0.2) is 37.6 Å². The van der Waals surface area contributed by atoms with Crippen LogP contribution in [0, 0.1) is 16.7 Å². The van der Waals surface area contributed by atoms with Gasteiger partial charge in [-0.05, 0) is 29.2 Å². The Labute approximate surface area is 225 Å². The van der Waals surface area contributed by atoms with Gasteiger partial charge in [0.1, 0.15) is 18.3 Å². The number of carboxylic acids is 1. The second kappa shape index (κ2) is 10.6. The van der Waals surface area contributed by atoms with E-state index in [9.17, 15) is 11.4 Å². The molecule has 37 heavy (non-hydrogen) atoms. The Hall–Kier alpha value is -3.87. The van der Waals surface area contributed by atoms with E-state index in [0.717, 1.165) is 4.68 Å². The topological polar surface area (TPSA) is 129 Å². The maximum Gasteiger partial charge on any atom is 0.325 e. The number of rotatable bonds is 8. The number of pyridine rings is 1. The fourth-order valence-electron chi connectivity index (χ4n) is 3.67. The summed E-state index contributed by atoms with van der Waals surface area (Å²) in [6.45, 7) is 6.39. The molecule has 0 radical (unpaired) electrons. The number of nitrogens with zero attached hydrogens (tertiary/aromatic N) is 5. The summed E-state index contributed by atoms with van der Waals surface area (Å²) in [7, 11) is 0. The standard InChI is InChI=1S/C26H25Cl2N7O2/c1-26(2,3)14-31-23-15(10-29)11-30-24-18(23)8-16(9-20(24)28)32-25(17-6-4-5-7-19(17)27)21-12-35(34-33-21)13-22(36)37/h4-9,11-12,25,32H,13-14H2,1-3H3,(H,30,31)(H,36,37)/t25-/m0/s1/i25D. The molecule has 2 heterocycles. The molecule has 2 aromatic heterocycles. The van der Waals surface area contributed by atoms with Crippen molar-refractivity contribution in [3.8, 4) is 6.07 Å². The highest BCUT2D eigenvalue weighted by Gasteiger charge is 2.22. The third-order valence-corrected chi connectivity index (χ3v) is 5.96. The molecule has 190 valence electrons. The molecule has 9 nitrogen and oxygen atoms in total. The molecule has 0 aliphatic heterocycles. The summed E-state index contributed by atoms with van der Waals surface area (Å²) in [6, 6.07) is 10.6. The monoisotopic (exact) mass is 538 g/mol. The van der Waals surface area contributed by atoms with Gasteiger partial charge in [-0.15, -0.1) is 5.10 Å². The molecule has 11 heteroatoms. The van der Waals surface area contributed by atoms with Crippen molar-refractivity contribution < 1.29 is 11.3 Å². The number of benzene rings is 2. The predicted molar refractivity (Wildman–Crippen MR) is 144 cm³/mol. The summed E-state index contributed by atoms with van der Waals surface area (Å²) in [5.41, 5.74) is 2.29. The SMILES string of the molecule is [2H][C@@](Nc1cc(Cl)c2ncc(C#N)c(NCC(C)(C)C)c2c1)(c1cn(CC(=O)O)nn1)c1ccccc1Cl. The maximum atomic E-state index is 11.2. The number of fused-ring (bicyclic) bond motifs is 1. The minimum atomic E-state index is -1.77. The van der Waals surface area contributed by atoms with Crippen LogP contribution >= 0.6 is 23.2 Å². The zero-order valence-electron chi connectivity index (χ0n) is 21.4. The van der Waals surface area contributed by atoms with Crippen LogP contribution < -0.4 is 10.6 Å². The molecule has 3 N–H and O–H groups in total. The average molecular weight is 539 g/mol. The Bertz CT molecular complexity index is 1560. The Balaban J connectivity index is 1.87. The van der Waals surface area contributed by atoms with Gasteiger partial charge in [0.25, 0.3) is 0 Å². The molecule has 0 unspecified atom stereocenters. The Kier molecular flexibility index (Phi) is 7.12. The summed E-state index contributed by atoms with van der Waals surface area (Å²) < 4.78 is 10.6. The van der Waals surface area contributed by atoms with Crippen molar-refractivity contribution >= 4 is 51.4 Å². The number of anilines is 2. The van der Waals surface area contributed by atoms with Gasteiger partial charge in [-0.3, -0.25) is 9.78 Å². The molecule has 4 aromatic rings. The summed E-state index contributed by atoms with van der Waals surface area (Å²) in [5.74, 6) is -1.10. The van der Waals surface area contributed by atoms with Crippen molar-refractivity contribution in [2.75, 3.05) is 17.2 Å². The highest BCUT2D eigenvalue weighted by atomic mass is 35.5. The quantitative estimate of drug-likeness (QED) is 0.258. The van der Waals surface area contributed by atoms with E-state index >= 15 is 0 Å². The average Bonchev–Trinajstić information content (AvgIpc) is 3.30. The van der Waals surface area contributed by atoms with Gasteiger partial charge in [-0.25, -0.2) is 4.68 Å². The third kappa shape index (κ3) is 6.10. The molecular weight excluding hydrogens is 513 g/mol. The molecule has 1 atom stereocenters. The van der Waals surface area contributed by atoms with Gasteiger partial charge in [-0.1, -0.05) is 67.4 Å². The molecule has 0 saturated carbocycles. The number of nitrogens with one attached hydrogen (secondary N) is 2. The van der Waals surface area contributed by atoms with Crippen LogP contribution in [0.1, 0.15) is 45.0 Å². The van der Waals surface area contributed by atoms with E-state index in [1.165, 1.54) is 12.4 Å². The van der Waals surface area contributed by atoms with Gasteiger partial charge in [-0.2, -0.15) is 5.26 Å².